The molecule has 5 heteroatoms. The monoisotopic (exact) mass is 254 g/mol. The molecule has 1 fully saturated rings. The van der Waals surface area contributed by atoms with Gasteiger partial charge in [0.15, 0.2) is 5.82 Å². The van der Waals surface area contributed by atoms with Crippen molar-refractivity contribution in [3.63, 3.8) is 0 Å². The largest absolute Gasteiger partial charge is 0.396 e. The lowest BCUT2D eigenvalue weighted by atomic mass is 9.99. The maximum atomic E-state index is 5.87. The summed E-state index contributed by atoms with van der Waals surface area (Å²) in [6.45, 7) is 3.34. The molecule has 0 aromatic carbocycles. The molecular formula is C12H19ClN4. The molecule has 0 amide bonds. The molecule has 1 aliphatic heterocycles. The third-order valence-electron chi connectivity index (χ3n) is 3.44. The van der Waals surface area contributed by atoms with Gasteiger partial charge in [0.2, 0.25) is 0 Å². The fourth-order valence-electron chi connectivity index (χ4n) is 2.18. The van der Waals surface area contributed by atoms with Gasteiger partial charge in [-0.25, -0.2) is 4.98 Å². The molecule has 4 nitrogen and oxygen atoms in total. The zero-order valence-electron chi connectivity index (χ0n) is 10.3. The Bertz CT molecular complexity index is 396. The van der Waals surface area contributed by atoms with Crippen LogP contribution in [-0.4, -0.2) is 35.6 Å². The summed E-state index contributed by atoms with van der Waals surface area (Å²) in [4.78, 5) is 6.59. The summed E-state index contributed by atoms with van der Waals surface area (Å²) in [7, 11) is 2.16. The standard InChI is InChI=1S/C12H19ClN4/c1-8-7-9(5-6-17(8)2)15-12-10(14)3-4-11(13)16-12/h3-4,8-9H,5-7,14H2,1-2H3,(H,15,16). The minimum absolute atomic E-state index is 0.425. The molecule has 2 atom stereocenters. The zero-order valence-corrected chi connectivity index (χ0v) is 11.0. The van der Waals surface area contributed by atoms with E-state index in [-0.39, 0.29) is 0 Å². The topological polar surface area (TPSA) is 54.2 Å². The average molecular weight is 255 g/mol. The highest BCUT2D eigenvalue weighted by atomic mass is 35.5. The number of likely N-dealkylation sites (tertiary alicyclic amines) is 1. The lowest BCUT2D eigenvalue weighted by Crippen LogP contribution is -2.42. The van der Waals surface area contributed by atoms with E-state index in [1.165, 1.54) is 0 Å². The van der Waals surface area contributed by atoms with E-state index < -0.39 is 0 Å². The van der Waals surface area contributed by atoms with E-state index in [0.29, 0.717) is 28.7 Å². The molecular weight excluding hydrogens is 236 g/mol. The van der Waals surface area contributed by atoms with Crippen LogP contribution < -0.4 is 11.1 Å². The summed E-state index contributed by atoms with van der Waals surface area (Å²) >= 11 is 5.87. The third kappa shape index (κ3) is 3.01. The summed E-state index contributed by atoms with van der Waals surface area (Å²) in [6, 6.07) is 4.51. The highest BCUT2D eigenvalue weighted by Crippen LogP contribution is 2.23. The Morgan fingerprint density at radius 1 is 1.53 bits per heavy atom. The molecule has 1 aliphatic rings. The Kier molecular flexibility index (Phi) is 3.74. The second kappa shape index (κ2) is 5.10. The van der Waals surface area contributed by atoms with Crippen LogP contribution >= 0.6 is 11.6 Å². The quantitative estimate of drug-likeness (QED) is 0.795. The molecule has 2 unspecified atom stereocenters. The van der Waals surface area contributed by atoms with Crippen molar-refractivity contribution in [2.75, 3.05) is 24.6 Å². The molecule has 2 rings (SSSR count). The summed E-state index contributed by atoms with van der Waals surface area (Å²) < 4.78 is 0. The number of anilines is 2. The normalized spacial score (nSPS) is 25.8. The van der Waals surface area contributed by atoms with Gasteiger partial charge >= 0.3 is 0 Å². The Hall–Kier alpha value is -1.00. The van der Waals surface area contributed by atoms with Crippen molar-refractivity contribution >= 4 is 23.1 Å². The number of hydrogen-bond acceptors (Lipinski definition) is 4. The van der Waals surface area contributed by atoms with E-state index in [2.05, 4.69) is 29.2 Å². The fraction of sp³-hybridized carbons (Fsp3) is 0.583. The Morgan fingerprint density at radius 2 is 2.29 bits per heavy atom. The van der Waals surface area contributed by atoms with Crippen LogP contribution in [0.25, 0.3) is 0 Å². The van der Waals surface area contributed by atoms with Gasteiger partial charge in [-0.15, -0.1) is 0 Å². The zero-order chi connectivity index (χ0) is 12.4. The van der Waals surface area contributed by atoms with Gasteiger partial charge in [0.25, 0.3) is 0 Å². The minimum atomic E-state index is 0.425. The van der Waals surface area contributed by atoms with Crippen molar-refractivity contribution in [2.45, 2.75) is 31.8 Å². The number of halogens is 1. The van der Waals surface area contributed by atoms with Crippen LogP contribution in [0.5, 0.6) is 0 Å². The first-order valence-corrected chi connectivity index (χ1v) is 6.33. The lowest BCUT2D eigenvalue weighted by Gasteiger charge is -2.35. The third-order valence-corrected chi connectivity index (χ3v) is 3.65. The van der Waals surface area contributed by atoms with Crippen LogP contribution in [0.3, 0.4) is 0 Å². The Morgan fingerprint density at radius 3 is 3.00 bits per heavy atom. The molecule has 1 saturated heterocycles. The fourth-order valence-corrected chi connectivity index (χ4v) is 2.32. The number of pyridine rings is 1. The minimum Gasteiger partial charge on any atom is -0.396 e. The van der Waals surface area contributed by atoms with Gasteiger partial charge in [-0.3, -0.25) is 0 Å². The van der Waals surface area contributed by atoms with Gasteiger partial charge in [-0.1, -0.05) is 11.6 Å². The van der Waals surface area contributed by atoms with E-state index in [9.17, 15) is 0 Å². The first-order chi connectivity index (χ1) is 8.06. The first-order valence-electron chi connectivity index (χ1n) is 5.95. The van der Waals surface area contributed by atoms with Gasteiger partial charge in [0, 0.05) is 18.6 Å². The van der Waals surface area contributed by atoms with E-state index >= 15 is 0 Å². The molecule has 1 aromatic rings. The molecule has 0 bridgehead atoms. The number of nitrogens with two attached hydrogens (primary N) is 1. The Balaban J connectivity index is 2.03. The number of nitrogens with one attached hydrogen (secondary N) is 1. The SMILES string of the molecule is CC1CC(Nc2nc(Cl)ccc2N)CCN1C. The summed E-state index contributed by atoms with van der Waals surface area (Å²) in [5.74, 6) is 0.708. The van der Waals surface area contributed by atoms with E-state index in [1.54, 1.807) is 12.1 Å². The van der Waals surface area contributed by atoms with Crippen molar-refractivity contribution in [1.82, 2.24) is 9.88 Å². The number of aromatic nitrogens is 1. The number of rotatable bonds is 2. The van der Waals surface area contributed by atoms with Crippen molar-refractivity contribution < 1.29 is 0 Å². The molecule has 1 aromatic heterocycles. The first kappa shape index (κ1) is 12.5. The van der Waals surface area contributed by atoms with Gasteiger partial charge in [-0.2, -0.15) is 0 Å². The number of hydrogen-bond donors (Lipinski definition) is 2. The van der Waals surface area contributed by atoms with Crippen LogP contribution in [0, 0.1) is 0 Å². The van der Waals surface area contributed by atoms with Crippen molar-refractivity contribution in [2.24, 2.45) is 0 Å². The van der Waals surface area contributed by atoms with Crippen molar-refractivity contribution in [3.8, 4) is 0 Å². The maximum Gasteiger partial charge on any atom is 0.151 e. The molecule has 0 aliphatic carbocycles. The van der Waals surface area contributed by atoms with E-state index in [1.807, 2.05) is 0 Å². The number of nitrogen functional groups attached to an aromatic ring is 1. The molecule has 2 heterocycles. The molecule has 17 heavy (non-hydrogen) atoms. The predicted molar refractivity (Wildman–Crippen MR) is 72.4 cm³/mol. The maximum absolute atomic E-state index is 5.87. The van der Waals surface area contributed by atoms with Gasteiger partial charge in [0.05, 0.1) is 5.69 Å². The van der Waals surface area contributed by atoms with Crippen LogP contribution in [0.4, 0.5) is 11.5 Å². The lowest BCUT2D eigenvalue weighted by molar-refractivity contribution is 0.190. The van der Waals surface area contributed by atoms with Crippen LogP contribution in [0.1, 0.15) is 19.8 Å². The summed E-state index contributed by atoms with van der Waals surface area (Å²) in [6.07, 6.45) is 2.21. The molecule has 0 spiro atoms. The van der Waals surface area contributed by atoms with Gasteiger partial charge in [-0.05, 0) is 38.9 Å². The predicted octanol–water partition coefficient (Wildman–Crippen LogP) is 2.21. The summed E-state index contributed by atoms with van der Waals surface area (Å²) in [5, 5.41) is 3.87. The van der Waals surface area contributed by atoms with Crippen molar-refractivity contribution in [3.05, 3.63) is 17.3 Å². The smallest absolute Gasteiger partial charge is 0.151 e. The van der Waals surface area contributed by atoms with Gasteiger partial charge < -0.3 is 16.0 Å². The van der Waals surface area contributed by atoms with E-state index in [0.717, 1.165) is 19.4 Å². The van der Waals surface area contributed by atoms with Crippen LogP contribution in [0.15, 0.2) is 12.1 Å². The number of piperidine rings is 1. The molecule has 94 valence electrons. The highest BCUT2D eigenvalue weighted by molar-refractivity contribution is 6.29. The second-order valence-corrected chi connectivity index (χ2v) is 5.15. The molecule has 0 saturated carbocycles. The van der Waals surface area contributed by atoms with Crippen molar-refractivity contribution in [1.29, 1.82) is 0 Å². The van der Waals surface area contributed by atoms with E-state index in [4.69, 9.17) is 17.3 Å². The average Bonchev–Trinajstić information content (AvgIpc) is 2.29. The summed E-state index contributed by atoms with van der Waals surface area (Å²) in [5.41, 5.74) is 6.53. The number of nitrogens with zero attached hydrogens (tertiary/aromatic N) is 2. The Labute approximate surface area is 107 Å². The van der Waals surface area contributed by atoms with Gasteiger partial charge in [0.1, 0.15) is 5.15 Å². The van der Waals surface area contributed by atoms with Crippen LogP contribution in [0.2, 0.25) is 5.15 Å². The van der Waals surface area contributed by atoms with Crippen LogP contribution in [-0.2, 0) is 0 Å². The second-order valence-electron chi connectivity index (χ2n) is 4.77. The molecule has 0 radical (unpaired) electrons. The highest BCUT2D eigenvalue weighted by Gasteiger charge is 2.23. The molecule has 3 N–H and O–H groups in total.